The van der Waals surface area contributed by atoms with Crippen LogP contribution in [0.15, 0.2) is 35.4 Å². The summed E-state index contributed by atoms with van der Waals surface area (Å²) in [5, 5.41) is 10.1. The average Bonchev–Trinajstić information content (AvgIpc) is 2.97. The van der Waals surface area contributed by atoms with Gasteiger partial charge in [0.15, 0.2) is 0 Å². The second kappa shape index (κ2) is 5.49. The Morgan fingerprint density at radius 1 is 1.36 bits per heavy atom. The minimum absolute atomic E-state index is 0.0133. The van der Waals surface area contributed by atoms with Crippen molar-refractivity contribution < 1.29 is 18.3 Å². The topological polar surface area (TPSA) is 87.6 Å². The Balaban J connectivity index is 2.18. The molecule has 1 fully saturated rings. The molecule has 0 radical (unpaired) electrons. The van der Waals surface area contributed by atoms with E-state index in [0.717, 1.165) is 4.31 Å². The number of fused-ring (bicyclic) bond motifs is 1. The number of carbonyl (C=O) groups is 1. The van der Waals surface area contributed by atoms with Crippen molar-refractivity contribution in [3.8, 4) is 0 Å². The Hall–Kier alpha value is -1.70. The lowest BCUT2D eigenvalue weighted by atomic mass is 10.2. The second-order valence-electron chi connectivity index (χ2n) is 5.06. The third-order valence-corrected chi connectivity index (χ3v) is 6.03. The molecule has 116 valence electrons. The number of nitrogens with zero attached hydrogens (tertiary/aromatic N) is 2. The van der Waals surface area contributed by atoms with Gasteiger partial charge in [-0.2, -0.15) is 4.31 Å². The molecule has 1 aromatic carbocycles. The van der Waals surface area contributed by atoms with Crippen LogP contribution in [0, 0.1) is 0 Å². The van der Waals surface area contributed by atoms with E-state index in [-0.39, 0.29) is 17.0 Å². The van der Waals surface area contributed by atoms with Crippen LogP contribution in [0.4, 0.5) is 0 Å². The van der Waals surface area contributed by atoms with Crippen molar-refractivity contribution in [2.75, 3.05) is 6.54 Å². The molecule has 6 nitrogen and oxygen atoms in total. The molecule has 0 saturated carbocycles. The molecular weight excluding hydrogens is 328 g/mol. The molecule has 0 aliphatic carbocycles. The van der Waals surface area contributed by atoms with Crippen LogP contribution >= 0.6 is 11.6 Å². The zero-order chi connectivity index (χ0) is 15.9. The summed E-state index contributed by atoms with van der Waals surface area (Å²) in [6.07, 6.45) is 2.27. The number of carboxylic acid groups (broad SMARTS) is 1. The zero-order valence-corrected chi connectivity index (χ0v) is 13.0. The zero-order valence-electron chi connectivity index (χ0n) is 11.4. The average molecular weight is 341 g/mol. The van der Waals surface area contributed by atoms with E-state index in [1.807, 2.05) is 0 Å². The SMILES string of the molecule is O=C(O)[C@@H]1CCCN1S(=O)(=O)c1cccc2c(Cl)ccnc12. The molecule has 1 aliphatic heterocycles. The molecule has 22 heavy (non-hydrogen) atoms. The van der Waals surface area contributed by atoms with Crippen molar-refractivity contribution in [2.24, 2.45) is 0 Å². The number of rotatable bonds is 3. The third-order valence-electron chi connectivity index (χ3n) is 3.76. The first kappa shape index (κ1) is 15.2. The molecule has 2 aromatic rings. The summed E-state index contributed by atoms with van der Waals surface area (Å²) >= 11 is 6.08. The Labute approximate surface area is 132 Å². The summed E-state index contributed by atoms with van der Waals surface area (Å²) in [4.78, 5) is 15.4. The number of carboxylic acids is 1. The van der Waals surface area contributed by atoms with Crippen molar-refractivity contribution in [3.63, 3.8) is 0 Å². The van der Waals surface area contributed by atoms with Crippen LogP contribution in [0.1, 0.15) is 12.8 Å². The minimum atomic E-state index is -3.94. The molecule has 3 rings (SSSR count). The summed E-state index contributed by atoms with van der Waals surface area (Å²) in [5.41, 5.74) is 0.256. The summed E-state index contributed by atoms with van der Waals surface area (Å²) < 4.78 is 26.7. The maximum Gasteiger partial charge on any atom is 0.322 e. The predicted molar refractivity (Wildman–Crippen MR) is 81.3 cm³/mol. The third kappa shape index (κ3) is 2.35. The first-order chi connectivity index (χ1) is 10.4. The van der Waals surface area contributed by atoms with Gasteiger partial charge in [-0.05, 0) is 25.0 Å². The van der Waals surface area contributed by atoms with Crippen LogP contribution in [-0.2, 0) is 14.8 Å². The molecule has 0 spiro atoms. The fourth-order valence-corrected chi connectivity index (χ4v) is 4.74. The molecule has 1 aliphatic rings. The maximum absolute atomic E-state index is 12.9. The Morgan fingerprint density at radius 2 is 2.14 bits per heavy atom. The highest BCUT2D eigenvalue weighted by molar-refractivity contribution is 7.89. The molecule has 1 atom stereocenters. The normalized spacial score (nSPS) is 19.6. The lowest BCUT2D eigenvalue weighted by Gasteiger charge is -2.21. The largest absolute Gasteiger partial charge is 0.480 e. The fourth-order valence-electron chi connectivity index (χ4n) is 2.72. The number of hydrogen-bond acceptors (Lipinski definition) is 4. The van der Waals surface area contributed by atoms with E-state index in [0.29, 0.717) is 23.3 Å². The van der Waals surface area contributed by atoms with Crippen LogP contribution in [-0.4, -0.2) is 41.4 Å². The monoisotopic (exact) mass is 340 g/mol. The van der Waals surface area contributed by atoms with E-state index in [9.17, 15) is 18.3 Å². The smallest absolute Gasteiger partial charge is 0.322 e. The van der Waals surface area contributed by atoms with Gasteiger partial charge in [0.05, 0.1) is 10.5 Å². The molecule has 2 heterocycles. The molecule has 0 unspecified atom stereocenters. The van der Waals surface area contributed by atoms with Crippen molar-refractivity contribution in [1.82, 2.24) is 9.29 Å². The van der Waals surface area contributed by atoms with Gasteiger partial charge in [-0.15, -0.1) is 0 Å². The van der Waals surface area contributed by atoms with Crippen molar-refractivity contribution in [2.45, 2.75) is 23.8 Å². The number of pyridine rings is 1. The molecule has 8 heteroatoms. The Morgan fingerprint density at radius 3 is 2.86 bits per heavy atom. The number of aromatic nitrogens is 1. The van der Waals surface area contributed by atoms with Gasteiger partial charge in [0, 0.05) is 18.1 Å². The van der Waals surface area contributed by atoms with Crippen LogP contribution < -0.4 is 0 Å². The van der Waals surface area contributed by atoms with Gasteiger partial charge in [-0.3, -0.25) is 9.78 Å². The van der Waals surface area contributed by atoms with E-state index >= 15 is 0 Å². The number of para-hydroxylation sites is 1. The molecular formula is C14H13ClN2O4S. The lowest BCUT2D eigenvalue weighted by Crippen LogP contribution is -2.40. The molecule has 1 N–H and O–H groups in total. The van der Waals surface area contributed by atoms with E-state index in [2.05, 4.69) is 4.98 Å². The van der Waals surface area contributed by atoms with Crippen LogP contribution in [0.3, 0.4) is 0 Å². The van der Waals surface area contributed by atoms with E-state index in [1.54, 1.807) is 18.2 Å². The van der Waals surface area contributed by atoms with Gasteiger partial charge in [0.1, 0.15) is 10.9 Å². The highest BCUT2D eigenvalue weighted by Gasteiger charge is 2.40. The van der Waals surface area contributed by atoms with Gasteiger partial charge in [0.2, 0.25) is 10.0 Å². The van der Waals surface area contributed by atoms with Gasteiger partial charge in [0.25, 0.3) is 0 Å². The van der Waals surface area contributed by atoms with Crippen LogP contribution in [0.2, 0.25) is 5.02 Å². The van der Waals surface area contributed by atoms with E-state index in [4.69, 9.17) is 11.6 Å². The van der Waals surface area contributed by atoms with Crippen LogP contribution in [0.25, 0.3) is 10.9 Å². The van der Waals surface area contributed by atoms with Gasteiger partial charge < -0.3 is 5.11 Å². The van der Waals surface area contributed by atoms with Crippen molar-refractivity contribution in [1.29, 1.82) is 0 Å². The molecule has 1 saturated heterocycles. The second-order valence-corrected chi connectivity index (χ2v) is 7.32. The number of halogens is 1. The molecule has 1 aromatic heterocycles. The number of aliphatic carboxylic acids is 1. The van der Waals surface area contributed by atoms with Crippen LogP contribution in [0.5, 0.6) is 0 Å². The van der Waals surface area contributed by atoms with Gasteiger partial charge in [-0.1, -0.05) is 23.7 Å². The quantitative estimate of drug-likeness (QED) is 0.924. The molecule has 0 bridgehead atoms. The minimum Gasteiger partial charge on any atom is -0.480 e. The van der Waals surface area contributed by atoms with Gasteiger partial charge in [-0.25, -0.2) is 8.42 Å². The highest BCUT2D eigenvalue weighted by atomic mass is 35.5. The maximum atomic E-state index is 12.9. The van der Waals surface area contributed by atoms with E-state index in [1.165, 1.54) is 12.3 Å². The number of benzene rings is 1. The first-order valence-corrected chi connectivity index (χ1v) is 8.52. The first-order valence-electron chi connectivity index (χ1n) is 6.71. The molecule has 0 amide bonds. The standard InChI is InChI=1S/C14H13ClN2O4S/c15-10-6-7-16-13-9(10)3-1-5-12(13)22(20,21)17-8-2-4-11(17)14(18)19/h1,3,5-7,11H,2,4,8H2,(H,18,19)/t11-/m0/s1. The summed E-state index contributed by atoms with van der Waals surface area (Å²) in [5.74, 6) is -1.13. The fraction of sp³-hybridized carbons (Fsp3) is 0.286. The predicted octanol–water partition coefficient (Wildman–Crippen LogP) is 2.13. The number of hydrogen-bond donors (Lipinski definition) is 1. The van der Waals surface area contributed by atoms with Crippen molar-refractivity contribution in [3.05, 3.63) is 35.5 Å². The lowest BCUT2D eigenvalue weighted by molar-refractivity contribution is -0.140. The van der Waals surface area contributed by atoms with Crippen molar-refractivity contribution >= 4 is 38.5 Å². The Bertz CT molecular complexity index is 853. The van der Waals surface area contributed by atoms with Gasteiger partial charge >= 0.3 is 5.97 Å². The Kier molecular flexibility index (Phi) is 3.80. The summed E-state index contributed by atoms with van der Waals surface area (Å²) in [6, 6.07) is 5.24. The highest BCUT2D eigenvalue weighted by Crippen LogP contribution is 2.31. The summed E-state index contributed by atoms with van der Waals surface area (Å²) in [6.45, 7) is 0.191. The summed E-state index contributed by atoms with van der Waals surface area (Å²) in [7, 11) is -3.94. The van der Waals surface area contributed by atoms with E-state index < -0.39 is 22.0 Å². The number of sulfonamides is 1.